The Bertz CT molecular complexity index is 297. The summed E-state index contributed by atoms with van der Waals surface area (Å²) in [5, 5.41) is 76.4. The number of carboxylic acids is 1. The van der Waals surface area contributed by atoms with Crippen LogP contribution in [-0.4, -0.2) is 108 Å². The van der Waals surface area contributed by atoms with Gasteiger partial charge >= 0.3 is 5.97 Å². The first-order valence-corrected chi connectivity index (χ1v) is 5.62. The molecule has 0 saturated heterocycles. The maximum atomic E-state index is 9.90. The second kappa shape index (κ2) is 11.5. The molecule has 0 rings (SSSR count). The molecule has 0 spiro atoms. The van der Waals surface area contributed by atoms with E-state index in [9.17, 15) is 9.59 Å². The predicted molar refractivity (Wildman–Crippen MR) is 63.9 cm³/mol. The van der Waals surface area contributed by atoms with Gasteiger partial charge in [0.2, 0.25) is 0 Å². The van der Waals surface area contributed by atoms with E-state index in [2.05, 4.69) is 0 Å². The molecule has 6 atom stereocenters. The van der Waals surface area contributed by atoms with Gasteiger partial charge in [0, 0.05) is 0 Å². The van der Waals surface area contributed by atoms with Gasteiger partial charge in [-0.3, -0.25) is 0 Å². The van der Waals surface area contributed by atoms with E-state index in [0.29, 0.717) is 0 Å². The average molecular weight is 316 g/mol. The molecule has 0 radical (unpaired) electrons. The molecular weight excluding hydrogens is 296 g/mol. The standard InChI is InChI=1S/C6H12O6.C4H8O5/c7-1-3(9)5(11)6(12)4(10)2-8;5-1-2(6)3(7)4(8)9/h1,3-6,8-12H,2H2;2-3,5-7H,1H2,(H,8,9). The molecule has 0 heterocycles. The van der Waals surface area contributed by atoms with E-state index in [1.54, 1.807) is 0 Å². The van der Waals surface area contributed by atoms with Gasteiger partial charge in [0.25, 0.3) is 0 Å². The quantitative estimate of drug-likeness (QED) is 0.192. The first-order valence-electron chi connectivity index (χ1n) is 5.62. The van der Waals surface area contributed by atoms with Gasteiger partial charge in [-0.1, -0.05) is 0 Å². The Morgan fingerprint density at radius 3 is 1.52 bits per heavy atom. The van der Waals surface area contributed by atoms with Crippen LogP contribution in [0.25, 0.3) is 0 Å². The Morgan fingerprint density at radius 1 is 0.857 bits per heavy atom. The fourth-order valence-corrected chi connectivity index (χ4v) is 0.883. The molecule has 126 valence electrons. The Kier molecular flexibility index (Phi) is 12.1. The maximum absolute atomic E-state index is 9.90. The highest BCUT2D eigenvalue weighted by Gasteiger charge is 2.29. The number of hydrogen-bond donors (Lipinski definition) is 9. The number of carbonyl (C=O) groups excluding carboxylic acids is 1. The number of rotatable bonds is 8. The Balaban J connectivity index is 0. The molecule has 21 heavy (non-hydrogen) atoms. The van der Waals surface area contributed by atoms with Crippen LogP contribution in [0.5, 0.6) is 0 Å². The molecular formula is C10H20O11. The molecule has 0 aliphatic rings. The Morgan fingerprint density at radius 2 is 1.29 bits per heavy atom. The minimum absolute atomic E-state index is 0.0258. The molecule has 0 bridgehead atoms. The van der Waals surface area contributed by atoms with E-state index in [1.165, 1.54) is 0 Å². The van der Waals surface area contributed by atoms with E-state index >= 15 is 0 Å². The van der Waals surface area contributed by atoms with Gasteiger partial charge in [0.1, 0.15) is 30.5 Å². The second-order valence-electron chi connectivity index (χ2n) is 3.89. The van der Waals surface area contributed by atoms with E-state index in [1.807, 2.05) is 0 Å². The van der Waals surface area contributed by atoms with Crippen molar-refractivity contribution >= 4 is 12.3 Å². The van der Waals surface area contributed by atoms with E-state index < -0.39 is 55.8 Å². The van der Waals surface area contributed by atoms with Crippen LogP contribution in [0.4, 0.5) is 0 Å². The van der Waals surface area contributed by atoms with Crippen LogP contribution in [0.1, 0.15) is 0 Å². The summed E-state index contributed by atoms with van der Waals surface area (Å²) in [6.45, 7) is -1.52. The molecule has 11 heteroatoms. The highest BCUT2D eigenvalue weighted by Crippen LogP contribution is 2.02. The van der Waals surface area contributed by atoms with Gasteiger partial charge in [-0.25, -0.2) is 4.79 Å². The fourth-order valence-electron chi connectivity index (χ4n) is 0.883. The summed E-state index contributed by atoms with van der Waals surface area (Å²) in [5.74, 6) is -1.54. The third kappa shape index (κ3) is 8.64. The average Bonchev–Trinajstić information content (AvgIpc) is 2.50. The third-order valence-electron chi connectivity index (χ3n) is 2.23. The summed E-state index contributed by atoms with van der Waals surface area (Å²) >= 11 is 0. The van der Waals surface area contributed by atoms with Crippen molar-refractivity contribution in [1.82, 2.24) is 0 Å². The summed E-state index contributed by atoms with van der Waals surface area (Å²) in [7, 11) is 0. The summed E-state index contributed by atoms with van der Waals surface area (Å²) in [6.07, 6.45) is -10.3. The normalized spacial score (nSPS) is 19.2. The number of aliphatic carboxylic acids is 1. The van der Waals surface area contributed by atoms with Crippen molar-refractivity contribution in [2.24, 2.45) is 0 Å². The molecule has 0 aromatic rings. The summed E-state index contributed by atoms with van der Waals surface area (Å²) < 4.78 is 0. The van der Waals surface area contributed by atoms with Gasteiger partial charge in [-0.05, 0) is 0 Å². The number of aldehydes is 1. The highest BCUT2D eigenvalue weighted by molar-refractivity contribution is 5.72. The van der Waals surface area contributed by atoms with Crippen LogP contribution < -0.4 is 0 Å². The smallest absolute Gasteiger partial charge is 0.335 e. The van der Waals surface area contributed by atoms with Crippen molar-refractivity contribution in [3.05, 3.63) is 0 Å². The largest absolute Gasteiger partial charge is 0.479 e. The number of aliphatic hydroxyl groups is 8. The lowest BCUT2D eigenvalue weighted by Crippen LogP contribution is -2.46. The Labute approximate surface area is 119 Å². The molecule has 0 saturated carbocycles. The number of aliphatic hydroxyl groups excluding tert-OH is 8. The van der Waals surface area contributed by atoms with Gasteiger partial charge in [0.15, 0.2) is 12.4 Å². The highest BCUT2D eigenvalue weighted by atomic mass is 16.4. The van der Waals surface area contributed by atoms with Crippen LogP contribution in [0.15, 0.2) is 0 Å². The Hall–Kier alpha value is -1.18. The van der Waals surface area contributed by atoms with Crippen molar-refractivity contribution in [3.63, 3.8) is 0 Å². The third-order valence-corrected chi connectivity index (χ3v) is 2.23. The predicted octanol–water partition coefficient (Wildman–Crippen LogP) is -5.59. The molecule has 0 aliphatic heterocycles. The van der Waals surface area contributed by atoms with Gasteiger partial charge in [-0.15, -0.1) is 0 Å². The summed E-state index contributed by atoms with van der Waals surface area (Å²) in [5.41, 5.74) is 0. The van der Waals surface area contributed by atoms with E-state index in [4.69, 9.17) is 46.0 Å². The monoisotopic (exact) mass is 316 g/mol. The van der Waals surface area contributed by atoms with E-state index in [-0.39, 0.29) is 6.29 Å². The molecule has 6 unspecified atom stereocenters. The molecule has 0 aliphatic carbocycles. The van der Waals surface area contributed by atoms with Crippen molar-refractivity contribution in [3.8, 4) is 0 Å². The second-order valence-corrected chi connectivity index (χ2v) is 3.89. The fraction of sp³-hybridized carbons (Fsp3) is 0.800. The van der Waals surface area contributed by atoms with Crippen LogP contribution in [0.2, 0.25) is 0 Å². The zero-order valence-electron chi connectivity index (χ0n) is 10.8. The molecule has 0 fully saturated rings. The number of carboxylic acid groups (broad SMARTS) is 1. The molecule has 11 nitrogen and oxygen atoms in total. The first kappa shape index (κ1) is 22.1. The van der Waals surface area contributed by atoms with Crippen molar-refractivity contribution in [2.45, 2.75) is 36.6 Å². The SMILES string of the molecule is O=C(O)C(O)C(O)CO.O=CC(O)C(O)C(O)C(O)CO. The van der Waals surface area contributed by atoms with Crippen molar-refractivity contribution < 1.29 is 55.5 Å². The van der Waals surface area contributed by atoms with Gasteiger partial charge < -0.3 is 50.8 Å². The van der Waals surface area contributed by atoms with Crippen molar-refractivity contribution in [1.29, 1.82) is 0 Å². The lowest BCUT2D eigenvalue weighted by molar-refractivity contribution is -0.154. The van der Waals surface area contributed by atoms with Crippen LogP contribution in [-0.2, 0) is 9.59 Å². The zero-order chi connectivity index (χ0) is 17.2. The topological polar surface area (TPSA) is 216 Å². The maximum Gasteiger partial charge on any atom is 0.335 e. The van der Waals surface area contributed by atoms with Crippen LogP contribution >= 0.6 is 0 Å². The minimum atomic E-state index is -1.89. The van der Waals surface area contributed by atoms with Gasteiger partial charge in [0.05, 0.1) is 13.2 Å². The molecule has 0 aromatic carbocycles. The zero-order valence-corrected chi connectivity index (χ0v) is 10.8. The summed E-state index contributed by atoms with van der Waals surface area (Å²) in [4.78, 5) is 19.7. The molecule has 0 aromatic heterocycles. The lowest BCUT2D eigenvalue weighted by Gasteiger charge is -2.22. The number of carbonyl (C=O) groups is 2. The molecule has 9 N–H and O–H groups in total. The minimum Gasteiger partial charge on any atom is -0.479 e. The van der Waals surface area contributed by atoms with E-state index in [0.717, 1.165) is 0 Å². The van der Waals surface area contributed by atoms with Crippen LogP contribution in [0, 0.1) is 0 Å². The summed E-state index contributed by atoms with van der Waals surface area (Å²) in [6, 6.07) is 0. The van der Waals surface area contributed by atoms with Gasteiger partial charge in [-0.2, -0.15) is 0 Å². The van der Waals surface area contributed by atoms with Crippen molar-refractivity contribution in [2.75, 3.05) is 13.2 Å². The number of hydrogen-bond acceptors (Lipinski definition) is 10. The lowest BCUT2D eigenvalue weighted by atomic mass is 10.0. The molecule has 0 amide bonds. The first-order chi connectivity index (χ1) is 9.63. The van der Waals surface area contributed by atoms with Crippen LogP contribution in [0.3, 0.4) is 0 Å².